The Labute approximate surface area is 267 Å². The highest BCUT2D eigenvalue weighted by atomic mass is 14.2. The van der Waals surface area contributed by atoms with Gasteiger partial charge >= 0.3 is 0 Å². The normalized spacial score (nSPS) is 11.9. The zero-order valence-electron chi connectivity index (χ0n) is 25.2. The Morgan fingerprint density at radius 1 is 0.217 bits per heavy atom. The summed E-state index contributed by atoms with van der Waals surface area (Å²) in [6.07, 6.45) is 0. The predicted octanol–water partition coefficient (Wildman–Crippen LogP) is 13.0. The van der Waals surface area contributed by atoms with Gasteiger partial charge in [-0.15, -0.1) is 0 Å². The molecule has 0 saturated heterocycles. The number of hydrogen-bond acceptors (Lipinski definition) is 0. The minimum atomic E-state index is 1.24. The van der Waals surface area contributed by atoms with Crippen LogP contribution in [0.3, 0.4) is 0 Å². The Balaban J connectivity index is 1.40. The van der Waals surface area contributed by atoms with Crippen molar-refractivity contribution in [2.24, 2.45) is 0 Å². The fourth-order valence-corrected chi connectivity index (χ4v) is 8.14. The minimum absolute atomic E-state index is 1.24. The first-order chi connectivity index (χ1) is 22.9. The summed E-state index contributed by atoms with van der Waals surface area (Å²) in [5.41, 5.74) is 7.61. The molecule has 0 saturated carbocycles. The van der Waals surface area contributed by atoms with Crippen LogP contribution in [0.15, 0.2) is 170 Å². The van der Waals surface area contributed by atoms with Crippen LogP contribution < -0.4 is 0 Å². The summed E-state index contributed by atoms with van der Waals surface area (Å²) < 4.78 is 0. The van der Waals surface area contributed by atoms with Crippen molar-refractivity contribution in [3.8, 4) is 33.4 Å². The molecular weight excluding hydrogens is 553 g/mol. The molecule has 0 unspecified atom stereocenters. The van der Waals surface area contributed by atoms with Crippen molar-refractivity contribution >= 4 is 64.6 Å². The second-order valence-electron chi connectivity index (χ2n) is 12.4. The van der Waals surface area contributed by atoms with E-state index in [-0.39, 0.29) is 0 Å². The SMILES string of the molecule is c1ccc(-c2cccc3cccc(-c4ccc5c6c(-c7ccccc7)c7ccccc7c7cccc(c8cccc4c85)c76)c23)cc1. The van der Waals surface area contributed by atoms with Crippen molar-refractivity contribution in [1.29, 1.82) is 0 Å². The first kappa shape index (κ1) is 25.4. The van der Waals surface area contributed by atoms with Gasteiger partial charge in [-0.2, -0.15) is 0 Å². The molecule has 0 aliphatic heterocycles. The second-order valence-corrected chi connectivity index (χ2v) is 12.4. The maximum atomic E-state index is 2.40. The molecule has 10 aromatic rings. The van der Waals surface area contributed by atoms with Crippen LogP contribution in [0.5, 0.6) is 0 Å². The molecule has 0 radical (unpaired) electrons. The molecule has 10 rings (SSSR count). The van der Waals surface area contributed by atoms with Gasteiger partial charge in [0.15, 0.2) is 0 Å². The Morgan fingerprint density at radius 2 is 0.761 bits per heavy atom. The molecule has 0 aliphatic carbocycles. The molecule has 46 heavy (non-hydrogen) atoms. The van der Waals surface area contributed by atoms with Crippen molar-refractivity contribution in [2.75, 3.05) is 0 Å². The maximum Gasteiger partial charge on any atom is -0.000763 e. The van der Waals surface area contributed by atoms with E-state index in [1.54, 1.807) is 0 Å². The van der Waals surface area contributed by atoms with Gasteiger partial charge in [0.25, 0.3) is 0 Å². The third-order valence-corrected chi connectivity index (χ3v) is 9.99. The predicted molar refractivity (Wildman–Crippen MR) is 199 cm³/mol. The van der Waals surface area contributed by atoms with Gasteiger partial charge in [-0.3, -0.25) is 0 Å². The van der Waals surface area contributed by atoms with E-state index < -0.39 is 0 Å². The molecule has 0 heterocycles. The van der Waals surface area contributed by atoms with Gasteiger partial charge in [0.1, 0.15) is 0 Å². The van der Waals surface area contributed by atoms with Crippen LogP contribution in [0.25, 0.3) is 98.0 Å². The maximum absolute atomic E-state index is 2.40. The van der Waals surface area contributed by atoms with Gasteiger partial charge in [-0.1, -0.05) is 170 Å². The van der Waals surface area contributed by atoms with Crippen LogP contribution in [0.4, 0.5) is 0 Å². The fourth-order valence-electron chi connectivity index (χ4n) is 8.14. The fraction of sp³-hybridized carbons (Fsp3) is 0. The van der Waals surface area contributed by atoms with Crippen molar-refractivity contribution in [1.82, 2.24) is 0 Å². The summed E-state index contributed by atoms with van der Waals surface area (Å²) in [5, 5.41) is 15.7. The van der Waals surface area contributed by atoms with Gasteiger partial charge in [-0.05, 0) is 98.0 Å². The van der Waals surface area contributed by atoms with Gasteiger partial charge in [0.05, 0.1) is 0 Å². The number of hydrogen-bond donors (Lipinski definition) is 0. The van der Waals surface area contributed by atoms with Gasteiger partial charge < -0.3 is 0 Å². The monoisotopic (exact) mass is 580 g/mol. The molecule has 212 valence electrons. The van der Waals surface area contributed by atoms with Gasteiger partial charge in [0.2, 0.25) is 0 Å². The van der Waals surface area contributed by atoms with Gasteiger partial charge in [-0.25, -0.2) is 0 Å². The highest BCUT2D eigenvalue weighted by Gasteiger charge is 2.21. The highest BCUT2D eigenvalue weighted by molar-refractivity contribution is 6.41. The number of benzene rings is 10. The van der Waals surface area contributed by atoms with Crippen LogP contribution >= 0.6 is 0 Å². The quantitative estimate of drug-likeness (QED) is 0.144. The molecule has 0 bridgehead atoms. The van der Waals surface area contributed by atoms with Crippen LogP contribution in [-0.2, 0) is 0 Å². The molecule has 0 atom stereocenters. The third kappa shape index (κ3) is 3.50. The Bertz CT molecular complexity index is 2770. The second kappa shape index (κ2) is 9.76. The Morgan fingerprint density at radius 3 is 1.50 bits per heavy atom. The third-order valence-electron chi connectivity index (χ3n) is 9.99. The molecule has 0 aromatic heterocycles. The largest absolute Gasteiger partial charge is 0.0622 e. The summed E-state index contributed by atoms with van der Waals surface area (Å²) in [4.78, 5) is 0. The van der Waals surface area contributed by atoms with Crippen LogP contribution in [-0.4, -0.2) is 0 Å². The minimum Gasteiger partial charge on any atom is -0.0622 e. The average molecular weight is 581 g/mol. The summed E-state index contributed by atoms with van der Waals surface area (Å²) in [7, 11) is 0. The summed E-state index contributed by atoms with van der Waals surface area (Å²) in [6.45, 7) is 0. The molecule has 0 amide bonds. The first-order valence-corrected chi connectivity index (χ1v) is 16.0. The molecule has 0 aliphatic rings. The molecule has 0 heteroatoms. The van der Waals surface area contributed by atoms with Crippen molar-refractivity contribution in [3.63, 3.8) is 0 Å². The van der Waals surface area contributed by atoms with E-state index in [2.05, 4.69) is 170 Å². The summed E-state index contributed by atoms with van der Waals surface area (Å²) in [5.74, 6) is 0. The molecule has 0 fully saturated rings. The van der Waals surface area contributed by atoms with E-state index in [0.29, 0.717) is 0 Å². The van der Waals surface area contributed by atoms with E-state index in [0.717, 1.165) is 0 Å². The van der Waals surface area contributed by atoms with Crippen molar-refractivity contribution < 1.29 is 0 Å². The Hall–Kier alpha value is -5.98. The van der Waals surface area contributed by atoms with E-state index in [9.17, 15) is 0 Å². The van der Waals surface area contributed by atoms with Crippen LogP contribution in [0, 0.1) is 0 Å². The van der Waals surface area contributed by atoms with E-state index in [4.69, 9.17) is 0 Å². The van der Waals surface area contributed by atoms with Crippen molar-refractivity contribution in [3.05, 3.63) is 170 Å². The number of fused-ring (bicyclic) bond motifs is 5. The molecule has 0 spiro atoms. The van der Waals surface area contributed by atoms with E-state index in [1.165, 1.54) is 98.0 Å². The van der Waals surface area contributed by atoms with Crippen LogP contribution in [0.2, 0.25) is 0 Å². The zero-order valence-corrected chi connectivity index (χ0v) is 25.2. The lowest BCUT2D eigenvalue weighted by molar-refractivity contribution is 1.64. The smallest absolute Gasteiger partial charge is 0.000763 e. The molecule has 10 aromatic carbocycles. The molecular formula is C46H28. The standard InChI is InChI=1S/C46H28/c1-3-13-29(14-4-1)32-21-9-17-30-18-10-22-35(42(30)32)34-27-28-41-44-37(34)23-11-25-39(44)40-26-12-24-38-33-19-7-8-20-36(33)43(46(41)45(38)40)31-15-5-2-6-16-31/h1-28H. The number of rotatable bonds is 3. The highest BCUT2D eigenvalue weighted by Crippen LogP contribution is 2.50. The lowest BCUT2D eigenvalue weighted by atomic mass is 9.81. The molecule has 0 nitrogen and oxygen atoms in total. The zero-order chi connectivity index (χ0) is 30.2. The van der Waals surface area contributed by atoms with Crippen molar-refractivity contribution in [2.45, 2.75) is 0 Å². The average Bonchev–Trinajstić information content (AvgIpc) is 3.13. The van der Waals surface area contributed by atoms with E-state index in [1.807, 2.05) is 0 Å². The summed E-state index contributed by atoms with van der Waals surface area (Å²) >= 11 is 0. The van der Waals surface area contributed by atoms with E-state index >= 15 is 0 Å². The topological polar surface area (TPSA) is 0 Å². The van der Waals surface area contributed by atoms with Gasteiger partial charge in [0, 0.05) is 0 Å². The lowest BCUT2D eigenvalue weighted by Crippen LogP contribution is -1.94. The Kier molecular flexibility index (Phi) is 5.38. The summed E-state index contributed by atoms with van der Waals surface area (Å²) in [6, 6.07) is 62.7. The van der Waals surface area contributed by atoms with Crippen LogP contribution in [0.1, 0.15) is 0 Å². The first-order valence-electron chi connectivity index (χ1n) is 16.0. The molecule has 0 N–H and O–H groups in total. The lowest BCUT2D eigenvalue weighted by Gasteiger charge is -2.21.